The molecule has 0 spiro atoms. The van der Waals surface area contributed by atoms with Crippen molar-refractivity contribution in [1.82, 2.24) is 20.5 Å². The molecule has 2 aromatic rings. The Labute approximate surface area is 155 Å². The summed E-state index contributed by atoms with van der Waals surface area (Å²) in [5.74, 6) is 1.22. The van der Waals surface area contributed by atoms with Crippen LogP contribution in [0.1, 0.15) is 48.3 Å². The molecule has 0 atom stereocenters. The fourth-order valence-corrected chi connectivity index (χ4v) is 4.02. The van der Waals surface area contributed by atoms with E-state index in [-0.39, 0.29) is 17.2 Å². The van der Waals surface area contributed by atoms with Gasteiger partial charge in [-0.1, -0.05) is 25.7 Å². The molecule has 1 aromatic carbocycles. The number of benzene rings is 1. The van der Waals surface area contributed by atoms with Gasteiger partial charge in [0.2, 0.25) is 5.16 Å². The largest absolute Gasteiger partial charge is 0.355 e. The van der Waals surface area contributed by atoms with Gasteiger partial charge in [-0.25, -0.2) is 4.98 Å². The van der Waals surface area contributed by atoms with Crippen LogP contribution in [-0.2, 0) is 6.42 Å². The first-order valence-electron chi connectivity index (χ1n) is 8.66. The number of carbonyl (C=O) groups is 1. The predicted octanol–water partition coefficient (Wildman–Crippen LogP) is 3.35. The Morgan fingerprint density at radius 1 is 1.42 bits per heavy atom. The van der Waals surface area contributed by atoms with Crippen LogP contribution >= 0.6 is 11.8 Å². The molecule has 8 nitrogen and oxygen atoms in total. The van der Waals surface area contributed by atoms with Gasteiger partial charge in [-0.2, -0.15) is 0 Å². The molecule has 0 saturated heterocycles. The molecule has 0 bridgehead atoms. The molecule has 138 valence electrons. The Kier molecular flexibility index (Phi) is 5.87. The second kappa shape index (κ2) is 8.31. The van der Waals surface area contributed by atoms with Crippen LogP contribution in [0.4, 0.5) is 5.69 Å². The quantitative estimate of drug-likeness (QED) is 0.567. The topological polar surface area (TPSA) is 114 Å². The van der Waals surface area contributed by atoms with Crippen molar-refractivity contribution in [3.63, 3.8) is 0 Å². The number of hydrogen-bond donors (Lipinski definition) is 2. The molecule has 1 aliphatic rings. The van der Waals surface area contributed by atoms with E-state index < -0.39 is 4.92 Å². The molecular weight excluding hydrogens is 354 g/mol. The molecule has 1 aliphatic carbocycles. The SMILES string of the molecule is CNC(=O)c1ccc(Sc2n[nH]c(CCC3CCCC3)n2)c([N+](=O)[O-])c1. The number of nitro groups is 1. The molecule has 2 N–H and O–H groups in total. The van der Waals surface area contributed by atoms with Gasteiger partial charge in [0.15, 0.2) is 0 Å². The molecule has 0 radical (unpaired) electrons. The number of aromatic nitrogens is 3. The van der Waals surface area contributed by atoms with Gasteiger partial charge < -0.3 is 5.32 Å². The molecule has 1 heterocycles. The van der Waals surface area contributed by atoms with E-state index in [1.54, 1.807) is 12.1 Å². The average Bonchev–Trinajstić information content (AvgIpc) is 3.31. The number of carbonyl (C=O) groups excluding carboxylic acids is 1. The number of H-pyrrole nitrogens is 1. The van der Waals surface area contributed by atoms with Crippen molar-refractivity contribution in [1.29, 1.82) is 0 Å². The van der Waals surface area contributed by atoms with E-state index in [9.17, 15) is 14.9 Å². The molecule has 3 rings (SSSR count). The van der Waals surface area contributed by atoms with Gasteiger partial charge in [0.05, 0.1) is 9.82 Å². The van der Waals surface area contributed by atoms with Crippen LogP contribution in [0.3, 0.4) is 0 Å². The van der Waals surface area contributed by atoms with Gasteiger partial charge in [0, 0.05) is 25.1 Å². The Bertz CT molecular complexity index is 801. The smallest absolute Gasteiger partial charge is 0.284 e. The fraction of sp³-hybridized carbons (Fsp3) is 0.471. The Hall–Kier alpha value is -2.42. The molecule has 1 amide bonds. The van der Waals surface area contributed by atoms with Crippen LogP contribution in [-0.4, -0.2) is 33.1 Å². The number of nitro benzene ring substituents is 1. The van der Waals surface area contributed by atoms with Crippen molar-refractivity contribution in [2.75, 3.05) is 7.05 Å². The summed E-state index contributed by atoms with van der Waals surface area (Å²) in [5.41, 5.74) is 0.115. The standard InChI is InChI=1S/C17H21N5O3S/c1-18-16(23)12-7-8-14(13(10-12)22(24)25)26-17-19-15(20-21-17)9-6-11-4-2-3-5-11/h7-8,10-11H,2-6,9H2,1H3,(H,18,23)(H,19,20,21). The van der Waals surface area contributed by atoms with E-state index in [1.807, 2.05) is 0 Å². The average molecular weight is 375 g/mol. The van der Waals surface area contributed by atoms with Crippen LogP contribution in [0.2, 0.25) is 0 Å². The lowest BCUT2D eigenvalue weighted by Crippen LogP contribution is -2.17. The zero-order chi connectivity index (χ0) is 18.5. The third-order valence-electron chi connectivity index (χ3n) is 4.62. The normalized spacial score (nSPS) is 14.5. The minimum Gasteiger partial charge on any atom is -0.355 e. The second-order valence-corrected chi connectivity index (χ2v) is 7.38. The predicted molar refractivity (Wildman–Crippen MR) is 97.3 cm³/mol. The van der Waals surface area contributed by atoms with E-state index >= 15 is 0 Å². The Balaban J connectivity index is 1.70. The lowest BCUT2D eigenvalue weighted by atomic mass is 10.0. The molecule has 9 heteroatoms. The number of nitrogens with one attached hydrogen (secondary N) is 2. The van der Waals surface area contributed by atoms with E-state index in [4.69, 9.17) is 0 Å². The third kappa shape index (κ3) is 4.40. The summed E-state index contributed by atoms with van der Waals surface area (Å²) in [4.78, 5) is 27.4. The van der Waals surface area contributed by atoms with Gasteiger partial charge in [-0.3, -0.25) is 20.0 Å². The monoisotopic (exact) mass is 375 g/mol. The summed E-state index contributed by atoms with van der Waals surface area (Å²) < 4.78 is 0. The Morgan fingerprint density at radius 2 is 2.19 bits per heavy atom. The minimum absolute atomic E-state index is 0.131. The van der Waals surface area contributed by atoms with E-state index in [0.29, 0.717) is 10.1 Å². The first-order chi connectivity index (χ1) is 12.6. The highest BCUT2D eigenvalue weighted by atomic mass is 32.2. The summed E-state index contributed by atoms with van der Waals surface area (Å²) in [6.45, 7) is 0. The van der Waals surface area contributed by atoms with Crippen molar-refractivity contribution in [3.05, 3.63) is 39.7 Å². The zero-order valence-electron chi connectivity index (χ0n) is 14.5. The maximum Gasteiger partial charge on any atom is 0.284 e. The van der Waals surface area contributed by atoms with Gasteiger partial charge >= 0.3 is 0 Å². The number of hydrogen-bond acceptors (Lipinski definition) is 6. The van der Waals surface area contributed by atoms with Crippen molar-refractivity contribution in [2.24, 2.45) is 5.92 Å². The zero-order valence-corrected chi connectivity index (χ0v) is 15.3. The van der Waals surface area contributed by atoms with Gasteiger partial charge in [-0.15, -0.1) is 5.10 Å². The van der Waals surface area contributed by atoms with Crippen molar-refractivity contribution < 1.29 is 9.72 Å². The van der Waals surface area contributed by atoms with Crippen LogP contribution in [0, 0.1) is 16.0 Å². The maximum atomic E-state index is 11.7. The van der Waals surface area contributed by atoms with Crippen molar-refractivity contribution >= 4 is 23.4 Å². The highest BCUT2D eigenvalue weighted by molar-refractivity contribution is 7.99. The fourth-order valence-electron chi connectivity index (χ4n) is 3.21. The first kappa shape index (κ1) is 18.4. The van der Waals surface area contributed by atoms with Crippen LogP contribution in [0.15, 0.2) is 28.3 Å². The maximum absolute atomic E-state index is 11.7. The second-order valence-electron chi connectivity index (χ2n) is 6.37. The third-order valence-corrected chi connectivity index (χ3v) is 5.55. The van der Waals surface area contributed by atoms with Crippen molar-refractivity contribution in [3.8, 4) is 0 Å². The molecular formula is C17H21N5O3S. The number of aryl methyl sites for hydroxylation is 1. The number of amides is 1. The summed E-state index contributed by atoms with van der Waals surface area (Å²) >= 11 is 1.12. The van der Waals surface area contributed by atoms with Crippen LogP contribution in [0.5, 0.6) is 0 Å². The van der Waals surface area contributed by atoms with E-state index in [0.717, 1.165) is 36.3 Å². The molecule has 1 aromatic heterocycles. The van der Waals surface area contributed by atoms with Crippen molar-refractivity contribution in [2.45, 2.75) is 48.6 Å². The molecule has 1 fully saturated rings. The summed E-state index contributed by atoms with van der Waals surface area (Å²) in [6.07, 6.45) is 7.16. The minimum atomic E-state index is -0.498. The highest BCUT2D eigenvalue weighted by Crippen LogP contribution is 2.34. The summed E-state index contributed by atoms with van der Waals surface area (Å²) in [5, 5.41) is 21.3. The lowest BCUT2D eigenvalue weighted by Gasteiger charge is -2.05. The molecule has 1 saturated carbocycles. The van der Waals surface area contributed by atoms with Gasteiger partial charge in [0.1, 0.15) is 5.82 Å². The summed E-state index contributed by atoms with van der Waals surface area (Å²) in [7, 11) is 1.48. The highest BCUT2D eigenvalue weighted by Gasteiger charge is 2.20. The Morgan fingerprint density at radius 3 is 2.88 bits per heavy atom. The molecule has 0 aliphatic heterocycles. The van der Waals surface area contributed by atoms with E-state index in [1.165, 1.54) is 38.8 Å². The first-order valence-corrected chi connectivity index (χ1v) is 9.48. The number of nitrogens with zero attached hydrogens (tertiary/aromatic N) is 3. The summed E-state index contributed by atoms with van der Waals surface area (Å²) in [6, 6.07) is 4.39. The molecule has 0 unspecified atom stereocenters. The number of aromatic amines is 1. The van der Waals surface area contributed by atoms with Crippen LogP contribution < -0.4 is 5.32 Å². The molecule has 26 heavy (non-hydrogen) atoms. The van der Waals surface area contributed by atoms with Gasteiger partial charge in [0.25, 0.3) is 11.6 Å². The number of rotatable bonds is 7. The van der Waals surface area contributed by atoms with Crippen LogP contribution in [0.25, 0.3) is 0 Å². The lowest BCUT2D eigenvalue weighted by molar-refractivity contribution is -0.387. The van der Waals surface area contributed by atoms with E-state index in [2.05, 4.69) is 20.5 Å². The van der Waals surface area contributed by atoms with Gasteiger partial charge in [-0.05, 0) is 36.2 Å².